The zero-order valence-corrected chi connectivity index (χ0v) is 10.2. The van der Waals surface area contributed by atoms with Crippen LogP contribution in [-0.4, -0.2) is 16.2 Å². The molecule has 0 bridgehead atoms. The van der Waals surface area contributed by atoms with Gasteiger partial charge in [0.05, 0.1) is 0 Å². The molecule has 0 aliphatic heterocycles. The van der Waals surface area contributed by atoms with Crippen molar-refractivity contribution >= 4 is 17.6 Å². The van der Waals surface area contributed by atoms with Gasteiger partial charge < -0.3 is 9.63 Å². The number of aromatic carboxylic acids is 1. The fraction of sp³-hybridized carbons (Fsp3) is 0.231. The number of nitrogens with zero attached hydrogens (tertiary/aromatic N) is 1. The molecule has 0 spiro atoms. The van der Waals surface area contributed by atoms with E-state index in [0.29, 0.717) is 5.76 Å². The van der Waals surface area contributed by atoms with Crippen LogP contribution in [0.15, 0.2) is 22.7 Å². The summed E-state index contributed by atoms with van der Waals surface area (Å²) in [6.07, 6.45) is 3.30. The van der Waals surface area contributed by atoms with Crippen LogP contribution in [0.2, 0.25) is 5.02 Å². The smallest absolute Gasteiger partial charge is 0.359 e. The molecule has 1 aliphatic rings. The fourth-order valence-corrected chi connectivity index (χ4v) is 2.56. The molecule has 18 heavy (non-hydrogen) atoms. The minimum absolute atomic E-state index is 0.0560. The Bertz CT molecular complexity index is 633. The minimum atomic E-state index is -1.18. The Labute approximate surface area is 108 Å². The molecule has 1 N–H and O–H groups in total. The quantitative estimate of drug-likeness (QED) is 0.904. The number of hydrogen-bond acceptors (Lipinski definition) is 3. The van der Waals surface area contributed by atoms with Gasteiger partial charge in [-0.15, -0.1) is 0 Å². The first-order valence-corrected chi connectivity index (χ1v) is 6.05. The molecule has 0 fully saturated rings. The summed E-state index contributed by atoms with van der Waals surface area (Å²) >= 11 is 5.97. The van der Waals surface area contributed by atoms with Crippen LogP contribution in [0.1, 0.15) is 28.0 Å². The molecule has 1 aromatic carbocycles. The molecule has 0 atom stereocenters. The lowest BCUT2D eigenvalue weighted by molar-refractivity contribution is 0.0686. The summed E-state index contributed by atoms with van der Waals surface area (Å²) in [7, 11) is 0. The maximum atomic E-state index is 10.8. The summed E-state index contributed by atoms with van der Waals surface area (Å²) in [6.45, 7) is 0. The highest BCUT2D eigenvalue weighted by Gasteiger charge is 2.22. The van der Waals surface area contributed by atoms with E-state index in [-0.39, 0.29) is 10.7 Å². The molecule has 1 heterocycles. The van der Waals surface area contributed by atoms with Crippen molar-refractivity contribution in [3.05, 3.63) is 40.0 Å². The number of aromatic nitrogens is 1. The molecule has 1 aliphatic carbocycles. The van der Waals surface area contributed by atoms with Gasteiger partial charge in [-0.3, -0.25) is 0 Å². The van der Waals surface area contributed by atoms with Gasteiger partial charge in [-0.05, 0) is 36.5 Å². The van der Waals surface area contributed by atoms with Gasteiger partial charge in [0.15, 0.2) is 5.76 Å². The van der Waals surface area contributed by atoms with E-state index in [2.05, 4.69) is 5.16 Å². The van der Waals surface area contributed by atoms with Crippen LogP contribution < -0.4 is 0 Å². The highest BCUT2D eigenvalue weighted by Crippen LogP contribution is 2.33. The first-order valence-electron chi connectivity index (χ1n) is 5.67. The third kappa shape index (κ3) is 1.69. The maximum Gasteiger partial charge on any atom is 0.359 e. The van der Waals surface area contributed by atoms with Crippen LogP contribution in [0.25, 0.3) is 11.3 Å². The van der Waals surface area contributed by atoms with Gasteiger partial charge >= 0.3 is 5.97 Å². The van der Waals surface area contributed by atoms with E-state index >= 15 is 0 Å². The number of rotatable bonds is 2. The van der Waals surface area contributed by atoms with E-state index in [1.165, 1.54) is 11.1 Å². The zero-order chi connectivity index (χ0) is 12.7. The summed E-state index contributed by atoms with van der Waals surface area (Å²) < 4.78 is 5.04. The van der Waals surface area contributed by atoms with Crippen molar-refractivity contribution in [2.75, 3.05) is 0 Å². The lowest BCUT2D eigenvalue weighted by atomic mass is 10.0. The Morgan fingerprint density at radius 1 is 1.33 bits per heavy atom. The van der Waals surface area contributed by atoms with Gasteiger partial charge in [-0.25, -0.2) is 4.79 Å². The molecule has 1 aromatic heterocycles. The van der Waals surface area contributed by atoms with E-state index in [4.69, 9.17) is 21.2 Å². The molecule has 0 radical (unpaired) electrons. The Morgan fingerprint density at radius 2 is 2.11 bits per heavy atom. The number of aryl methyl sites for hydroxylation is 2. The average molecular weight is 264 g/mol. The molecule has 0 saturated carbocycles. The highest BCUT2D eigenvalue weighted by molar-refractivity contribution is 6.35. The van der Waals surface area contributed by atoms with Crippen molar-refractivity contribution < 1.29 is 14.4 Å². The Balaban J connectivity index is 2.07. The number of fused-ring (bicyclic) bond motifs is 1. The largest absolute Gasteiger partial charge is 0.476 e. The van der Waals surface area contributed by atoms with Crippen molar-refractivity contribution in [2.24, 2.45) is 0 Å². The van der Waals surface area contributed by atoms with Gasteiger partial charge in [0.25, 0.3) is 0 Å². The van der Waals surface area contributed by atoms with Crippen LogP contribution in [0.3, 0.4) is 0 Å². The summed E-state index contributed by atoms with van der Waals surface area (Å²) in [6, 6.07) is 5.93. The summed E-state index contributed by atoms with van der Waals surface area (Å²) in [5, 5.41) is 12.4. The molecule has 4 nitrogen and oxygen atoms in total. The van der Waals surface area contributed by atoms with E-state index < -0.39 is 5.97 Å². The third-order valence-corrected chi connectivity index (χ3v) is 3.55. The first kappa shape index (κ1) is 11.3. The van der Waals surface area contributed by atoms with Crippen LogP contribution in [-0.2, 0) is 12.8 Å². The van der Waals surface area contributed by atoms with Crippen LogP contribution in [0, 0.1) is 0 Å². The molecular formula is C13H10ClNO3. The standard InChI is InChI=1S/C13H10ClNO3/c14-10-11(13(16)17)15-18-12(10)9-5-4-7-2-1-3-8(7)6-9/h4-6H,1-3H2,(H,16,17). The number of carboxylic acids is 1. The lowest BCUT2D eigenvalue weighted by Crippen LogP contribution is -1.96. The lowest BCUT2D eigenvalue weighted by Gasteiger charge is -2.01. The number of halogens is 1. The van der Waals surface area contributed by atoms with Crippen LogP contribution in [0.4, 0.5) is 0 Å². The molecule has 2 aromatic rings. The van der Waals surface area contributed by atoms with Crippen LogP contribution >= 0.6 is 11.6 Å². The zero-order valence-electron chi connectivity index (χ0n) is 9.44. The molecular weight excluding hydrogens is 254 g/mol. The second kappa shape index (κ2) is 4.14. The van der Waals surface area contributed by atoms with E-state index in [0.717, 1.165) is 24.8 Å². The number of carboxylic acid groups (broad SMARTS) is 1. The fourth-order valence-electron chi connectivity index (χ4n) is 2.30. The van der Waals surface area contributed by atoms with Crippen molar-refractivity contribution in [3.8, 4) is 11.3 Å². The second-order valence-electron chi connectivity index (χ2n) is 4.32. The van der Waals surface area contributed by atoms with Gasteiger partial charge in [0, 0.05) is 5.56 Å². The van der Waals surface area contributed by atoms with Gasteiger partial charge in [-0.1, -0.05) is 28.9 Å². The van der Waals surface area contributed by atoms with Crippen molar-refractivity contribution in [1.29, 1.82) is 0 Å². The van der Waals surface area contributed by atoms with Crippen LogP contribution in [0.5, 0.6) is 0 Å². The molecule has 0 amide bonds. The predicted octanol–water partition coefficient (Wildman–Crippen LogP) is 3.18. The minimum Gasteiger partial charge on any atom is -0.476 e. The summed E-state index contributed by atoms with van der Waals surface area (Å²) in [5.41, 5.74) is 3.15. The molecule has 92 valence electrons. The predicted molar refractivity (Wildman–Crippen MR) is 65.9 cm³/mol. The first-order chi connectivity index (χ1) is 8.66. The summed E-state index contributed by atoms with van der Waals surface area (Å²) in [5.74, 6) is -0.861. The Kier molecular flexibility index (Phi) is 2.59. The van der Waals surface area contributed by atoms with E-state index in [1.54, 1.807) is 0 Å². The second-order valence-corrected chi connectivity index (χ2v) is 4.69. The van der Waals surface area contributed by atoms with Crippen molar-refractivity contribution in [2.45, 2.75) is 19.3 Å². The molecule has 0 saturated heterocycles. The van der Waals surface area contributed by atoms with Gasteiger partial charge in [0.2, 0.25) is 5.69 Å². The Hall–Kier alpha value is -1.81. The number of carbonyl (C=O) groups is 1. The highest BCUT2D eigenvalue weighted by atomic mass is 35.5. The summed E-state index contributed by atoms with van der Waals surface area (Å²) in [4.78, 5) is 10.8. The Morgan fingerprint density at radius 3 is 2.83 bits per heavy atom. The third-order valence-electron chi connectivity index (χ3n) is 3.20. The molecule has 0 unspecified atom stereocenters. The van der Waals surface area contributed by atoms with Gasteiger partial charge in [-0.2, -0.15) is 0 Å². The van der Waals surface area contributed by atoms with Gasteiger partial charge in [0.1, 0.15) is 5.02 Å². The molecule has 5 heteroatoms. The molecule has 3 rings (SSSR count). The maximum absolute atomic E-state index is 10.8. The monoisotopic (exact) mass is 263 g/mol. The van der Waals surface area contributed by atoms with Crippen molar-refractivity contribution in [1.82, 2.24) is 5.16 Å². The van der Waals surface area contributed by atoms with E-state index in [1.807, 2.05) is 18.2 Å². The van der Waals surface area contributed by atoms with E-state index in [9.17, 15) is 4.79 Å². The normalized spacial score (nSPS) is 13.6. The van der Waals surface area contributed by atoms with Crippen molar-refractivity contribution in [3.63, 3.8) is 0 Å². The number of benzene rings is 1. The average Bonchev–Trinajstić information content (AvgIpc) is 2.93. The topological polar surface area (TPSA) is 63.3 Å². The number of hydrogen-bond donors (Lipinski definition) is 1. The SMILES string of the molecule is O=C(O)c1noc(-c2ccc3c(c2)CCC3)c1Cl.